The zero-order valence-electron chi connectivity index (χ0n) is 12.3. The zero-order chi connectivity index (χ0) is 16.5. The lowest BCUT2D eigenvalue weighted by atomic mass is 10.2. The molecule has 0 saturated carbocycles. The van der Waals surface area contributed by atoms with Crippen LogP contribution in [0, 0.1) is 11.3 Å². The molecule has 0 unspecified atom stereocenters. The van der Waals surface area contributed by atoms with Crippen LogP contribution in [0.2, 0.25) is 5.15 Å². The average Bonchev–Trinajstić information content (AvgIpc) is 2.61. The molecular weight excluding hydrogens is 330 g/mol. The second kappa shape index (κ2) is 5.87. The van der Waals surface area contributed by atoms with E-state index >= 15 is 0 Å². The van der Waals surface area contributed by atoms with Crippen molar-refractivity contribution in [2.24, 2.45) is 0 Å². The normalized spacial score (nSPS) is 12.7. The third-order valence-electron chi connectivity index (χ3n) is 3.47. The molecule has 4 rings (SSSR count). The monoisotopic (exact) mass is 339 g/mol. The number of hydrogen-bond acceptors (Lipinski definition) is 6. The van der Waals surface area contributed by atoms with Crippen LogP contribution in [0.5, 0.6) is 23.1 Å². The standard InChI is InChI=1S/C17H10ClN3O3/c18-16-17(24-13-4-2-1-3-10(13)9-19)21-12-8-15-14(7-11(12)20-16)22-5-6-23-15/h1-4,7-8H,5-6H2. The summed E-state index contributed by atoms with van der Waals surface area (Å²) in [4.78, 5) is 8.69. The number of nitriles is 1. The second-order valence-electron chi connectivity index (χ2n) is 5.01. The Balaban J connectivity index is 1.78. The van der Waals surface area contributed by atoms with Gasteiger partial charge in [-0.25, -0.2) is 9.97 Å². The smallest absolute Gasteiger partial charge is 0.258 e. The maximum Gasteiger partial charge on any atom is 0.258 e. The highest BCUT2D eigenvalue weighted by molar-refractivity contribution is 6.31. The molecule has 3 aromatic rings. The Morgan fingerprint density at radius 3 is 2.42 bits per heavy atom. The molecule has 0 saturated heterocycles. The van der Waals surface area contributed by atoms with Gasteiger partial charge in [-0.3, -0.25) is 0 Å². The number of rotatable bonds is 2. The molecule has 2 heterocycles. The number of aromatic nitrogens is 2. The molecule has 0 bridgehead atoms. The van der Waals surface area contributed by atoms with E-state index in [-0.39, 0.29) is 11.0 Å². The summed E-state index contributed by atoms with van der Waals surface area (Å²) in [5.41, 5.74) is 1.52. The van der Waals surface area contributed by atoms with E-state index in [0.29, 0.717) is 47.1 Å². The first-order valence-electron chi connectivity index (χ1n) is 7.18. The molecule has 2 aromatic carbocycles. The van der Waals surface area contributed by atoms with Crippen LogP contribution in [-0.2, 0) is 0 Å². The van der Waals surface area contributed by atoms with E-state index in [4.69, 9.17) is 31.1 Å². The number of fused-ring (bicyclic) bond motifs is 2. The van der Waals surface area contributed by atoms with Gasteiger partial charge in [-0.05, 0) is 12.1 Å². The van der Waals surface area contributed by atoms with Gasteiger partial charge in [0.25, 0.3) is 5.88 Å². The Kier molecular flexibility index (Phi) is 3.56. The van der Waals surface area contributed by atoms with Gasteiger partial charge in [-0.15, -0.1) is 0 Å². The highest BCUT2D eigenvalue weighted by atomic mass is 35.5. The summed E-state index contributed by atoms with van der Waals surface area (Å²) >= 11 is 6.18. The molecule has 0 amide bonds. The number of ether oxygens (including phenoxy) is 3. The molecule has 118 valence electrons. The molecule has 1 aromatic heterocycles. The van der Waals surface area contributed by atoms with Crippen LogP contribution < -0.4 is 14.2 Å². The summed E-state index contributed by atoms with van der Waals surface area (Å²) in [5, 5.41) is 9.24. The Bertz CT molecular complexity index is 985. The molecule has 0 N–H and O–H groups in total. The lowest BCUT2D eigenvalue weighted by Gasteiger charge is -2.18. The van der Waals surface area contributed by atoms with E-state index in [2.05, 4.69) is 16.0 Å². The van der Waals surface area contributed by atoms with E-state index in [1.54, 1.807) is 36.4 Å². The van der Waals surface area contributed by atoms with Crippen LogP contribution in [0.3, 0.4) is 0 Å². The minimum absolute atomic E-state index is 0.104. The summed E-state index contributed by atoms with van der Waals surface area (Å²) in [5.74, 6) is 1.72. The van der Waals surface area contributed by atoms with Crippen LogP contribution in [0.4, 0.5) is 0 Å². The first kappa shape index (κ1) is 14.5. The number of para-hydroxylation sites is 1. The number of hydrogen-bond donors (Lipinski definition) is 0. The molecule has 0 radical (unpaired) electrons. The highest BCUT2D eigenvalue weighted by Crippen LogP contribution is 2.36. The molecule has 0 fully saturated rings. The van der Waals surface area contributed by atoms with Crippen molar-refractivity contribution in [3.8, 4) is 29.2 Å². The van der Waals surface area contributed by atoms with Crippen molar-refractivity contribution in [3.63, 3.8) is 0 Å². The fraction of sp³-hybridized carbons (Fsp3) is 0.118. The Morgan fingerprint density at radius 2 is 1.71 bits per heavy atom. The first-order chi connectivity index (χ1) is 11.7. The van der Waals surface area contributed by atoms with Crippen LogP contribution in [0.15, 0.2) is 36.4 Å². The molecule has 6 nitrogen and oxygen atoms in total. The molecular formula is C17H10ClN3O3. The van der Waals surface area contributed by atoms with Gasteiger partial charge in [0.1, 0.15) is 25.0 Å². The fourth-order valence-electron chi connectivity index (χ4n) is 2.37. The van der Waals surface area contributed by atoms with Crippen LogP contribution >= 0.6 is 11.6 Å². The largest absolute Gasteiger partial charge is 0.486 e. The molecule has 0 atom stereocenters. The molecule has 7 heteroatoms. The van der Waals surface area contributed by atoms with Gasteiger partial charge in [0.2, 0.25) is 0 Å². The van der Waals surface area contributed by atoms with Crippen molar-refractivity contribution in [1.82, 2.24) is 9.97 Å². The molecule has 0 spiro atoms. The van der Waals surface area contributed by atoms with E-state index in [9.17, 15) is 0 Å². The fourth-order valence-corrected chi connectivity index (χ4v) is 2.54. The maximum atomic E-state index is 9.14. The van der Waals surface area contributed by atoms with E-state index in [1.165, 1.54) is 0 Å². The van der Waals surface area contributed by atoms with Gasteiger partial charge in [0.05, 0.1) is 16.6 Å². The lowest BCUT2D eigenvalue weighted by molar-refractivity contribution is 0.172. The van der Waals surface area contributed by atoms with Crippen molar-refractivity contribution < 1.29 is 14.2 Å². The minimum atomic E-state index is 0.104. The van der Waals surface area contributed by atoms with Gasteiger partial charge in [0.15, 0.2) is 16.7 Å². The van der Waals surface area contributed by atoms with E-state index < -0.39 is 0 Å². The van der Waals surface area contributed by atoms with Crippen molar-refractivity contribution in [1.29, 1.82) is 5.26 Å². The number of nitrogens with zero attached hydrogens (tertiary/aromatic N) is 3. The Labute approximate surface area is 142 Å². The van der Waals surface area contributed by atoms with Crippen LogP contribution in [0.25, 0.3) is 11.0 Å². The molecule has 1 aliphatic heterocycles. The molecule has 1 aliphatic rings. The number of benzene rings is 2. The van der Waals surface area contributed by atoms with E-state index in [0.717, 1.165) is 0 Å². The van der Waals surface area contributed by atoms with Crippen molar-refractivity contribution >= 4 is 22.6 Å². The van der Waals surface area contributed by atoms with Gasteiger partial charge in [-0.1, -0.05) is 23.7 Å². The predicted octanol–water partition coefficient (Wildman–Crippen LogP) is 3.72. The van der Waals surface area contributed by atoms with Crippen molar-refractivity contribution in [2.45, 2.75) is 0 Å². The summed E-state index contributed by atoms with van der Waals surface area (Å²) in [6.45, 7) is 0.976. The summed E-state index contributed by atoms with van der Waals surface area (Å²) < 4.78 is 16.8. The third-order valence-corrected chi connectivity index (χ3v) is 3.72. The summed E-state index contributed by atoms with van der Waals surface area (Å²) in [7, 11) is 0. The topological polar surface area (TPSA) is 77.3 Å². The highest BCUT2D eigenvalue weighted by Gasteiger charge is 2.17. The van der Waals surface area contributed by atoms with Gasteiger partial charge >= 0.3 is 0 Å². The number of halogens is 1. The minimum Gasteiger partial charge on any atom is -0.486 e. The Morgan fingerprint density at radius 1 is 1.04 bits per heavy atom. The van der Waals surface area contributed by atoms with E-state index in [1.807, 2.05) is 0 Å². The summed E-state index contributed by atoms with van der Waals surface area (Å²) in [6, 6.07) is 12.4. The molecule has 0 aliphatic carbocycles. The third kappa shape index (κ3) is 2.55. The zero-order valence-corrected chi connectivity index (χ0v) is 13.1. The first-order valence-corrected chi connectivity index (χ1v) is 7.56. The Hall–Kier alpha value is -3.04. The lowest BCUT2D eigenvalue weighted by Crippen LogP contribution is -2.15. The van der Waals surface area contributed by atoms with Crippen LogP contribution in [-0.4, -0.2) is 23.2 Å². The maximum absolute atomic E-state index is 9.14. The molecule has 24 heavy (non-hydrogen) atoms. The van der Waals surface area contributed by atoms with Gasteiger partial charge in [0, 0.05) is 12.1 Å². The summed E-state index contributed by atoms with van der Waals surface area (Å²) in [6.07, 6.45) is 0. The predicted molar refractivity (Wildman–Crippen MR) is 86.8 cm³/mol. The quantitative estimate of drug-likeness (QED) is 0.708. The van der Waals surface area contributed by atoms with Crippen molar-refractivity contribution in [3.05, 3.63) is 47.1 Å². The van der Waals surface area contributed by atoms with Crippen molar-refractivity contribution in [2.75, 3.05) is 13.2 Å². The average molecular weight is 340 g/mol. The second-order valence-corrected chi connectivity index (χ2v) is 5.37. The van der Waals surface area contributed by atoms with Gasteiger partial charge in [-0.2, -0.15) is 5.26 Å². The van der Waals surface area contributed by atoms with Crippen LogP contribution in [0.1, 0.15) is 5.56 Å². The van der Waals surface area contributed by atoms with Gasteiger partial charge < -0.3 is 14.2 Å². The SMILES string of the molecule is N#Cc1ccccc1Oc1nc2cc3c(cc2nc1Cl)OCCO3.